The van der Waals surface area contributed by atoms with Crippen molar-refractivity contribution in [2.45, 2.75) is 6.92 Å². The van der Waals surface area contributed by atoms with Gasteiger partial charge in [-0.3, -0.25) is 0 Å². The van der Waals surface area contributed by atoms with E-state index in [2.05, 4.69) is 27.9 Å². The summed E-state index contributed by atoms with van der Waals surface area (Å²) < 4.78 is 25.2. The highest BCUT2D eigenvalue weighted by atomic mass is 79.9. The van der Waals surface area contributed by atoms with Crippen molar-refractivity contribution in [1.29, 1.82) is 5.26 Å². The molecule has 0 amide bonds. The maximum Gasteiger partial charge on any atom is 0.163 e. The number of allylic oxidation sites excluding steroid dienone is 1. The van der Waals surface area contributed by atoms with Gasteiger partial charge in [0.15, 0.2) is 11.5 Å². The van der Waals surface area contributed by atoms with Crippen LogP contribution in [0.15, 0.2) is 40.9 Å². The lowest BCUT2D eigenvalue weighted by Crippen LogP contribution is -2.00. The lowest BCUT2D eigenvalue weighted by atomic mass is 10.0. The van der Waals surface area contributed by atoms with Crippen molar-refractivity contribution in [3.63, 3.8) is 0 Å². The predicted octanol–water partition coefficient (Wildman–Crippen LogP) is 5.06. The number of nitriles is 1. The second kappa shape index (κ2) is 8.92. The van der Waals surface area contributed by atoms with Crippen LogP contribution in [0.25, 0.3) is 11.6 Å². The van der Waals surface area contributed by atoms with Crippen molar-refractivity contribution in [2.75, 3.05) is 13.2 Å². The Morgan fingerprint density at radius 1 is 1.28 bits per heavy atom. The number of benzene rings is 2. The summed E-state index contributed by atoms with van der Waals surface area (Å²) in [4.78, 5) is 0. The van der Waals surface area contributed by atoms with E-state index in [9.17, 15) is 9.65 Å². The second-order valence-corrected chi connectivity index (χ2v) is 5.78. The molecular formula is C20H15BrFNO2. The van der Waals surface area contributed by atoms with Crippen LogP contribution >= 0.6 is 15.9 Å². The van der Waals surface area contributed by atoms with E-state index in [1.54, 1.807) is 30.3 Å². The molecule has 0 saturated heterocycles. The molecule has 3 nitrogen and oxygen atoms in total. The summed E-state index contributed by atoms with van der Waals surface area (Å²) in [5, 5.41) is 9.43. The zero-order chi connectivity index (χ0) is 18.2. The molecule has 0 atom stereocenters. The Bertz CT molecular complexity index is 878. The van der Waals surface area contributed by atoms with Gasteiger partial charge in [-0.05, 0) is 48.4 Å². The molecule has 2 aromatic carbocycles. The first-order valence-corrected chi connectivity index (χ1v) is 8.28. The van der Waals surface area contributed by atoms with Crippen molar-refractivity contribution in [3.05, 3.63) is 57.8 Å². The van der Waals surface area contributed by atoms with Gasteiger partial charge in [0, 0.05) is 4.47 Å². The number of nitrogens with zero attached hydrogens (tertiary/aromatic N) is 1. The van der Waals surface area contributed by atoms with Gasteiger partial charge in [-0.15, -0.1) is 6.42 Å². The molecule has 0 radical (unpaired) electrons. The standard InChI is InChI=1S/C20H15BrFNO2/c1-3-8-25-20-12-18(21)15(11-19(20)24-4-2)9-16(13-23)14-6-5-7-17(22)10-14/h1,5-7,9-12H,4,8H2,2H3/b16-9-. The van der Waals surface area contributed by atoms with E-state index >= 15 is 0 Å². The molecule has 0 spiro atoms. The van der Waals surface area contributed by atoms with Crippen molar-refractivity contribution < 1.29 is 13.9 Å². The zero-order valence-corrected chi connectivity index (χ0v) is 15.1. The second-order valence-electron chi connectivity index (χ2n) is 4.93. The van der Waals surface area contributed by atoms with E-state index in [1.165, 1.54) is 12.1 Å². The Hall–Kier alpha value is -2.76. The quantitative estimate of drug-likeness (QED) is 0.387. The lowest BCUT2D eigenvalue weighted by molar-refractivity contribution is 0.299. The summed E-state index contributed by atoms with van der Waals surface area (Å²) in [6.07, 6.45) is 6.88. The molecule has 0 aliphatic rings. The minimum Gasteiger partial charge on any atom is -0.490 e. The van der Waals surface area contributed by atoms with Gasteiger partial charge in [0.1, 0.15) is 12.4 Å². The number of halogens is 2. The first kappa shape index (κ1) is 18.6. The molecule has 0 aromatic heterocycles. The first-order valence-electron chi connectivity index (χ1n) is 7.49. The molecular weight excluding hydrogens is 385 g/mol. The number of hydrogen-bond acceptors (Lipinski definition) is 3. The van der Waals surface area contributed by atoms with E-state index in [4.69, 9.17) is 15.9 Å². The number of rotatable bonds is 6. The van der Waals surface area contributed by atoms with Gasteiger partial charge in [-0.25, -0.2) is 4.39 Å². The Balaban J connectivity index is 2.48. The highest BCUT2D eigenvalue weighted by molar-refractivity contribution is 9.10. The molecule has 2 rings (SSSR count). The van der Waals surface area contributed by atoms with Crippen LogP contribution in [0.4, 0.5) is 4.39 Å². The first-order chi connectivity index (χ1) is 12.1. The van der Waals surface area contributed by atoms with Gasteiger partial charge < -0.3 is 9.47 Å². The lowest BCUT2D eigenvalue weighted by Gasteiger charge is -2.13. The maximum atomic E-state index is 13.4. The van der Waals surface area contributed by atoms with Gasteiger partial charge >= 0.3 is 0 Å². The molecule has 0 heterocycles. The molecule has 126 valence electrons. The molecule has 25 heavy (non-hydrogen) atoms. The highest BCUT2D eigenvalue weighted by Gasteiger charge is 2.11. The van der Waals surface area contributed by atoms with E-state index in [0.717, 1.165) is 0 Å². The zero-order valence-electron chi connectivity index (χ0n) is 13.6. The van der Waals surface area contributed by atoms with Crippen LogP contribution in [0, 0.1) is 29.5 Å². The Morgan fingerprint density at radius 2 is 2.04 bits per heavy atom. The minimum absolute atomic E-state index is 0.119. The van der Waals surface area contributed by atoms with Crippen molar-refractivity contribution in [1.82, 2.24) is 0 Å². The number of ether oxygens (including phenoxy) is 2. The molecule has 5 heteroatoms. The van der Waals surface area contributed by atoms with Crippen LogP contribution in [0.2, 0.25) is 0 Å². The van der Waals surface area contributed by atoms with Crippen molar-refractivity contribution in [2.24, 2.45) is 0 Å². The Morgan fingerprint density at radius 3 is 2.68 bits per heavy atom. The monoisotopic (exact) mass is 399 g/mol. The molecule has 0 N–H and O–H groups in total. The summed E-state index contributed by atoms with van der Waals surface area (Å²) >= 11 is 3.45. The van der Waals surface area contributed by atoms with E-state index in [-0.39, 0.29) is 6.61 Å². The van der Waals surface area contributed by atoms with Crippen LogP contribution < -0.4 is 9.47 Å². The maximum absolute atomic E-state index is 13.4. The van der Waals surface area contributed by atoms with E-state index in [0.29, 0.717) is 39.3 Å². The van der Waals surface area contributed by atoms with Gasteiger partial charge in [-0.2, -0.15) is 5.26 Å². The van der Waals surface area contributed by atoms with E-state index in [1.807, 2.05) is 6.92 Å². The fourth-order valence-electron chi connectivity index (χ4n) is 2.15. The molecule has 0 bridgehead atoms. The smallest absolute Gasteiger partial charge is 0.163 e. The van der Waals surface area contributed by atoms with Crippen molar-refractivity contribution >= 4 is 27.6 Å². The molecule has 0 aliphatic carbocycles. The van der Waals surface area contributed by atoms with Crippen LogP contribution in [-0.4, -0.2) is 13.2 Å². The third-order valence-corrected chi connectivity index (χ3v) is 3.92. The van der Waals surface area contributed by atoms with E-state index < -0.39 is 5.82 Å². The molecule has 0 unspecified atom stereocenters. The van der Waals surface area contributed by atoms with Gasteiger partial charge in [0.2, 0.25) is 0 Å². The SMILES string of the molecule is C#CCOc1cc(Br)c(/C=C(/C#N)c2cccc(F)c2)cc1OCC. The topological polar surface area (TPSA) is 42.2 Å². The van der Waals surface area contributed by atoms with Crippen molar-refractivity contribution in [3.8, 4) is 29.9 Å². The molecule has 2 aromatic rings. The summed E-state index contributed by atoms with van der Waals surface area (Å²) in [5.41, 5.74) is 1.54. The van der Waals surface area contributed by atoms with Crippen LogP contribution in [0.1, 0.15) is 18.1 Å². The van der Waals surface area contributed by atoms with Crippen LogP contribution in [-0.2, 0) is 0 Å². The minimum atomic E-state index is -0.397. The summed E-state index contributed by atoms with van der Waals surface area (Å²) in [6.45, 7) is 2.43. The van der Waals surface area contributed by atoms with Crippen LogP contribution in [0.3, 0.4) is 0 Å². The summed E-state index contributed by atoms with van der Waals surface area (Å²) in [5.74, 6) is 3.03. The average Bonchev–Trinajstić information content (AvgIpc) is 2.60. The third kappa shape index (κ3) is 4.86. The average molecular weight is 400 g/mol. The Labute approximate surface area is 154 Å². The number of terminal acetylenes is 1. The van der Waals surface area contributed by atoms with Gasteiger partial charge in [0.05, 0.1) is 18.2 Å². The van der Waals surface area contributed by atoms with Crippen LogP contribution in [0.5, 0.6) is 11.5 Å². The highest BCUT2D eigenvalue weighted by Crippen LogP contribution is 2.35. The number of hydrogen-bond donors (Lipinski definition) is 0. The molecule has 0 saturated carbocycles. The Kier molecular flexibility index (Phi) is 6.62. The summed E-state index contributed by atoms with van der Waals surface area (Å²) in [7, 11) is 0. The molecule has 0 aliphatic heterocycles. The molecule has 0 fully saturated rings. The van der Waals surface area contributed by atoms with Gasteiger partial charge in [0.25, 0.3) is 0 Å². The predicted molar refractivity (Wildman–Crippen MR) is 99.5 cm³/mol. The fourth-order valence-corrected chi connectivity index (χ4v) is 2.59. The third-order valence-electron chi connectivity index (χ3n) is 3.23. The summed E-state index contributed by atoms with van der Waals surface area (Å²) in [6, 6.07) is 11.5. The fraction of sp³-hybridized carbons (Fsp3) is 0.150. The normalized spacial score (nSPS) is 10.7. The van der Waals surface area contributed by atoms with Gasteiger partial charge in [-0.1, -0.05) is 34.0 Å². The largest absolute Gasteiger partial charge is 0.490 e.